The lowest BCUT2D eigenvalue weighted by Gasteiger charge is -2.09. The smallest absolute Gasteiger partial charge is 0.258 e. The van der Waals surface area contributed by atoms with Crippen LogP contribution in [0, 0.1) is 27.2 Å². The summed E-state index contributed by atoms with van der Waals surface area (Å²) in [6.07, 6.45) is 0. The molecule has 138 valence electrons. The van der Waals surface area contributed by atoms with Crippen LogP contribution in [0.4, 0.5) is 11.4 Å². The van der Waals surface area contributed by atoms with E-state index >= 15 is 0 Å². The molecule has 0 aliphatic carbocycles. The SMILES string of the molecule is Cc1ccc(S(=O)(=O)c2ccc([N+](=O)[O-])cc2[N+](=O)[O-])cc1S(N)(=O)=O. The second kappa shape index (κ2) is 6.44. The van der Waals surface area contributed by atoms with Gasteiger partial charge in [0.25, 0.3) is 11.4 Å². The molecule has 0 radical (unpaired) electrons. The van der Waals surface area contributed by atoms with Gasteiger partial charge in [-0.3, -0.25) is 20.2 Å². The minimum atomic E-state index is -4.54. The number of sulfonamides is 1. The summed E-state index contributed by atoms with van der Waals surface area (Å²) in [7, 11) is -8.77. The van der Waals surface area contributed by atoms with Crippen molar-refractivity contribution in [1.29, 1.82) is 0 Å². The molecule has 13 heteroatoms. The summed E-state index contributed by atoms with van der Waals surface area (Å²) < 4.78 is 48.6. The summed E-state index contributed by atoms with van der Waals surface area (Å²) in [5, 5.41) is 26.9. The molecule has 0 fully saturated rings. The van der Waals surface area contributed by atoms with Crippen LogP contribution in [0.1, 0.15) is 5.56 Å². The van der Waals surface area contributed by atoms with Gasteiger partial charge in [0.15, 0.2) is 0 Å². The minimum Gasteiger partial charge on any atom is -0.258 e. The van der Waals surface area contributed by atoms with Crippen LogP contribution in [0.5, 0.6) is 0 Å². The quantitative estimate of drug-likeness (QED) is 0.574. The van der Waals surface area contributed by atoms with Crippen molar-refractivity contribution in [2.75, 3.05) is 0 Å². The van der Waals surface area contributed by atoms with Gasteiger partial charge in [-0.2, -0.15) is 0 Å². The van der Waals surface area contributed by atoms with Gasteiger partial charge in [-0.25, -0.2) is 22.0 Å². The fourth-order valence-corrected chi connectivity index (χ4v) is 4.48. The number of hydrogen-bond donors (Lipinski definition) is 1. The molecule has 0 aromatic heterocycles. The third kappa shape index (κ3) is 3.54. The van der Waals surface area contributed by atoms with E-state index in [2.05, 4.69) is 0 Å². The zero-order valence-electron chi connectivity index (χ0n) is 13.0. The average Bonchev–Trinajstić information content (AvgIpc) is 2.53. The molecule has 0 amide bonds. The molecule has 2 aromatic rings. The second-order valence-corrected chi connectivity index (χ2v) is 8.59. The predicted molar refractivity (Wildman–Crippen MR) is 87.8 cm³/mol. The Balaban J connectivity index is 2.77. The van der Waals surface area contributed by atoms with Crippen molar-refractivity contribution in [3.63, 3.8) is 0 Å². The Morgan fingerprint density at radius 3 is 2.00 bits per heavy atom. The first-order valence-corrected chi connectivity index (χ1v) is 9.70. The third-order valence-corrected chi connectivity index (χ3v) is 6.27. The monoisotopic (exact) mass is 401 g/mol. The molecule has 0 aliphatic rings. The molecule has 0 bridgehead atoms. The summed E-state index contributed by atoms with van der Waals surface area (Å²) >= 11 is 0. The van der Waals surface area contributed by atoms with Gasteiger partial charge in [-0.05, 0) is 30.7 Å². The maximum absolute atomic E-state index is 12.7. The normalized spacial score (nSPS) is 11.9. The van der Waals surface area contributed by atoms with Crippen LogP contribution in [0.25, 0.3) is 0 Å². The molecule has 2 aromatic carbocycles. The number of nitro groups is 2. The summed E-state index contributed by atoms with van der Waals surface area (Å²) in [4.78, 5) is 18.1. The number of benzene rings is 2. The summed E-state index contributed by atoms with van der Waals surface area (Å²) in [5.41, 5.74) is -1.48. The van der Waals surface area contributed by atoms with Crippen LogP contribution in [0.15, 0.2) is 51.1 Å². The number of nitro benzene ring substituents is 2. The van der Waals surface area contributed by atoms with Crippen molar-refractivity contribution in [3.8, 4) is 0 Å². The molecular formula is C13H11N3O8S2. The highest BCUT2D eigenvalue weighted by Crippen LogP contribution is 2.33. The third-order valence-electron chi connectivity index (χ3n) is 3.42. The van der Waals surface area contributed by atoms with Gasteiger partial charge in [0.1, 0.15) is 4.90 Å². The van der Waals surface area contributed by atoms with Gasteiger partial charge in [0.2, 0.25) is 19.9 Å². The predicted octanol–water partition coefficient (Wildman–Crippen LogP) is 1.29. The van der Waals surface area contributed by atoms with Crippen LogP contribution in [-0.2, 0) is 19.9 Å². The van der Waals surface area contributed by atoms with Gasteiger partial charge in [0.05, 0.1) is 25.7 Å². The van der Waals surface area contributed by atoms with Crippen LogP contribution < -0.4 is 5.14 Å². The number of nitrogens with two attached hydrogens (primary N) is 1. The zero-order chi connectivity index (χ0) is 19.9. The van der Waals surface area contributed by atoms with Crippen molar-refractivity contribution in [3.05, 3.63) is 62.2 Å². The fraction of sp³-hybridized carbons (Fsp3) is 0.0769. The van der Waals surface area contributed by atoms with Crippen molar-refractivity contribution in [2.24, 2.45) is 5.14 Å². The van der Waals surface area contributed by atoms with Gasteiger partial charge >= 0.3 is 0 Å². The molecule has 0 spiro atoms. The summed E-state index contributed by atoms with van der Waals surface area (Å²) in [6.45, 7) is 1.39. The van der Waals surface area contributed by atoms with E-state index in [9.17, 15) is 37.1 Å². The van der Waals surface area contributed by atoms with Crippen LogP contribution in [0.2, 0.25) is 0 Å². The first-order valence-electron chi connectivity index (χ1n) is 6.67. The Hall–Kier alpha value is -2.90. The van der Waals surface area contributed by atoms with Crippen LogP contribution >= 0.6 is 0 Å². The highest BCUT2D eigenvalue weighted by molar-refractivity contribution is 7.92. The zero-order valence-corrected chi connectivity index (χ0v) is 14.7. The van der Waals surface area contributed by atoms with Gasteiger partial charge in [-0.1, -0.05) is 6.07 Å². The first-order chi connectivity index (χ1) is 11.9. The van der Waals surface area contributed by atoms with E-state index in [-0.39, 0.29) is 5.56 Å². The van der Waals surface area contributed by atoms with Crippen molar-refractivity contribution < 1.29 is 26.7 Å². The maximum atomic E-state index is 12.7. The number of primary sulfonamides is 1. The number of hydrogen-bond acceptors (Lipinski definition) is 8. The fourth-order valence-electron chi connectivity index (χ4n) is 2.17. The van der Waals surface area contributed by atoms with E-state index in [0.717, 1.165) is 24.3 Å². The molecule has 0 saturated carbocycles. The molecule has 0 saturated heterocycles. The van der Waals surface area contributed by atoms with E-state index in [1.165, 1.54) is 13.0 Å². The van der Waals surface area contributed by atoms with Gasteiger partial charge in [-0.15, -0.1) is 0 Å². The van der Waals surface area contributed by atoms with Gasteiger partial charge < -0.3 is 0 Å². The summed E-state index contributed by atoms with van der Waals surface area (Å²) in [6, 6.07) is 5.07. The lowest BCUT2D eigenvalue weighted by Crippen LogP contribution is -2.15. The molecule has 11 nitrogen and oxygen atoms in total. The van der Waals surface area contributed by atoms with E-state index in [4.69, 9.17) is 5.14 Å². The number of rotatable bonds is 5. The molecule has 0 unspecified atom stereocenters. The van der Waals surface area contributed by atoms with Gasteiger partial charge in [0, 0.05) is 6.07 Å². The highest BCUT2D eigenvalue weighted by Gasteiger charge is 2.31. The maximum Gasteiger partial charge on any atom is 0.295 e. The number of sulfone groups is 1. The molecule has 2 rings (SSSR count). The molecule has 0 atom stereocenters. The van der Waals surface area contributed by atoms with Crippen LogP contribution in [-0.4, -0.2) is 26.7 Å². The topological polar surface area (TPSA) is 181 Å². The Bertz CT molecular complexity index is 1140. The lowest BCUT2D eigenvalue weighted by molar-refractivity contribution is -0.396. The number of nitrogens with zero attached hydrogens (tertiary/aromatic N) is 2. The van der Waals surface area contributed by atoms with Crippen molar-refractivity contribution in [2.45, 2.75) is 21.6 Å². The standard InChI is InChI=1S/C13H11N3O8S2/c1-8-2-4-10(7-13(8)26(14,23)24)25(21,22)12-5-3-9(15(17)18)6-11(12)16(19)20/h2-7H,1H3,(H2,14,23,24). The average molecular weight is 401 g/mol. The number of aryl methyl sites for hydroxylation is 1. The Morgan fingerprint density at radius 2 is 1.50 bits per heavy atom. The Morgan fingerprint density at radius 1 is 0.885 bits per heavy atom. The van der Waals surface area contributed by atoms with Crippen molar-refractivity contribution >= 4 is 31.2 Å². The summed E-state index contributed by atoms with van der Waals surface area (Å²) in [5.74, 6) is 0. The van der Waals surface area contributed by atoms with Crippen LogP contribution in [0.3, 0.4) is 0 Å². The second-order valence-electron chi connectivity index (χ2n) is 5.14. The Kier molecular flexibility index (Phi) is 4.81. The molecule has 0 aliphatic heterocycles. The Labute approximate surface area is 147 Å². The highest BCUT2D eigenvalue weighted by atomic mass is 32.2. The van der Waals surface area contributed by atoms with E-state index in [1.807, 2.05) is 0 Å². The van der Waals surface area contributed by atoms with Crippen molar-refractivity contribution in [1.82, 2.24) is 0 Å². The van der Waals surface area contributed by atoms with E-state index in [1.54, 1.807) is 0 Å². The lowest BCUT2D eigenvalue weighted by atomic mass is 10.2. The largest absolute Gasteiger partial charge is 0.295 e. The number of non-ortho nitro benzene ring substituents is 1. The molecule has 2 N–H and O–H groups in total. The molecular weight excluding hydrogens is 390 g/mol. The molecule has 0 heterocycles. The molecule has 26 heavy (non-hydrogen) atoms. The van der Waals surface area contributed by atoms with E-state index in [0.29, 0.717) is 6.07 Å². The first kappa shape index (κ1) is 19.4. The van der Waals surface area contributed by atoms with E-state index < -0.39 is 55.8 Å². The minimum absolute atomic E-state index is 0.185.